The highest BCUT2D eigenvalue weighted by atomic mass is 15.0. The zero-order chi connectivity index (χ0) is 34.9. The zero-order valence-corrected chi connectivity index (χ0v) is 28.9. The molecule has 0 bridgehead atoms. The van der Waals surface area contributed by atoms with Crippen molar-refractivity contribution in [3.63, 3.8) is 0 Å². The molecule has 2 heteroatoms. The molecule has 246 valence electrons. The molecular weight excluding hydrogens is 641 g/mol. The van der Waals surface area contributed by atoms with Crippen molar-refractivity contribution in [2.24, 2.45) is 0 Å². The number of hydrogen-bond donors (Lipinski definition) is 0. The number of fused-ring (bicyclic) bond motifs is 5. The van der Waals surface area contributed by atoms with Crippen molar-refractivity contribution in [2.75, 3.05) is 0 Å². The fourth-order valence-corrected chi connectivity index (χ4v) is 8.64. The Kier molecular flexibility index (Phi) is 6.59. The fraction of sp³-hybridized carbons (Fsp3) is 0. The topological polar surface area (TPSA) is 17.3 Å². The van der Waals surface area contributed by atoms with E-state index in [0.29, 0.717) is 0 Å². The Morgan fingerprint density at radius 2 is 0.887 bits per heavy atom. The Balaban J connectivity index is 1.07. The number of nitrogens with zero attached hydrogens (tertiary/aromatic N) is 2. The van der Waals surface area contributed by atoms with E-state index in [4.69, 9.17) is 4.98 Å². The average molecular weight is 673 g/mol. The lowest BCUT2D eigenvalue weighted by molar-refractivity contribution is 1.19. The third-order valence-electron chi connectivity index (χ3n) is 11.0. The number of imidazole rings is 1. The second-order valence-corrected chi connectivity index (χ2v) is 13.9. The summed E-state index contributed by atoms with van der Waals surface area (Å²) in [5.74, 6) is 0. The minimum Gasteiger partial charge on any atom is -0.306 e. The molecule has 2 aromatic heterocycles. The minimum absolute atomic E-state index is 0.951. The highest BCUT2D eigenvalue weighted by molar-refractivity contribution is 6.28. The molecule has 0 atom stereocenters. The van der Waals surface area contributed by atoms with E-state index in [-0.39, 0.29) is 0 Å². The average Bonchev–Trinajstić information content (AvgIpc) is 3.82. The first-order chi connectivity index (χ1) is 26.3. The van der Waals surface area contributed by atoms with E-state index in [1.165, 1.54) is 88.3 Å². The van der Waals surface area contributed by atoms with Crippen LogP contribution in [0.1, 0.15) is 0 Å². The SMILES string of the molecule is c1ccc(-c2c3c(c(-c4ccccc4)c4ccccc24)-c2ccc(-c4ccc(-c5cccc(-c6cn7ccccc7n6)c5)cc4)c4cccc-3c24)cc1. The van der Waals surface area contributed by atoms with Crippen LogP contribution in [0, 0.1) is 0 Å². The Hall–Kier alpha value is -7.03. The lowest BCUT2D eigenvalue weighted by Crippen LogP contribution is -1.93. The molecule has 0 N–H and O–H groups in total. The molecule has 0 amide bonds. The van der Waals surface area contributed by atoms with Crippen LogP contribution < -0.4 is 0 Å². The van der Waals surface area contributed by atoms with Gasteiger partial charge in [-0.1, -0.05) is 164 Å². The van der Waals surface area contributed by atoms with Crippen LogP contribution in [0.4, 0.5) is 0 Å². The van der Waals surface area contributed by atoms with Crippen molar-refractivity contribution in [1.29, 1.82) is 0 Å². The number of benzene rings is 8. The molecule has 0 saturated heterocycles. The van der Waals surface area contributed by atoms with Crippen LogP contribution in [0.15, 0.2) is 194 Å². The van der Waals surface area contributed by atoms with Gasteiger partial charge < -0.3 is 4.40 Å². The molecule has 2 nitrogen and oxygen atoms in total. The van der Waals surface area contributed by atoms with Gasteiger partial charge in [0.05, 0.1) is 5.69 Å². The number of pyridine rings is 1. The van der Waals surface area contributed by atoms with Gasteiger partial charge in [-0.2, -0.15) is 0 Å². The molecule has 0 fully saturated rings. The van der Waals surface area contributed by atoms with Crippen LogP contribution in [0.2, 0.25) is 0 Å². The van der Waals surface area contributed by atoms with E-state index in [1.54, 1.807) is 0 Å². The summed E-state index contributed by atoms with van der Waals surface area (Å²) >= 11 is 0. The van der Waals surface area contributed by atoms with Crippen LogP contribution >= 0.6 is 0 Å². The second kappa shape index (κ2) is 11.8. The molecular formula is C51H32N2. The molecule has 0 saturated carbocycles. The first-order valence-electron chi connectivity index (χ1n) is 18.2. The van der Waals surface area contributed by atoms with Gasteiger partial charge in [0.2, 0.25) is 0 Å². The van der Waals surface area contributed by atoms with Crippen LogP contribution in [0.3, 0.4) is 0 Å². The fourth-order valence-electron chi connectivity index (χ4n) is 8.64. The molecule has 0 spiro atoms. The molecule has 0 radical (unpaired) electrons. The first kappa shape index (κ1) is 29.7. The predicted octanol–water partition coefficient (Wildman–Crippen LogP) is 13.6. The molecule has 8 aromatic carbocycles. The molecule has 10 aromatic rings. The monoisotopic (exact) mass is 672 g/mol. The lowest BCUT2D eigenvalue weighted by Gasteiger charge is -2.20. The van der Waals surface area contributed by atoms with Gasteiger partial charge >= 0.3 is 0 Å². The first-order valence-corrected chi connectivity index (χ1v) is 18.2. The second-order valence-electron chi connectivity index (χ2n) is 13.9. The summed E-state index contributed by atoms with van der Waals surface area (Å²) in [7, 11) is 0. The maximum absolute atomic E-state index is 4.86. The quantitative estimate of drug-likeness (QED) is 0.178. The highest BCUT2D eigenvalue weighted by Gasteiger charge is 2.31. The summed E-state index contributed by atoms with van der Waals surface area (Å²) in [6.45, 7) is 0. The van der Waals surface area contributed by atoms with Gasteiger partial charge in [0.15, 0.2) is 0 Å². The van der Waals surface area contributed by atoms with Gasteiger partial charge in [0.1, 0.15) is 5.65 Å². The van der Waals surface area contributed by atoms with Gasteiger partial charge in [-0.05, 0) is 107 Å². The third kappa shape index (κ3) is 4.63. The predicted molar refractivity (Wildman–Crippen MR) is 222 cm³/mol. The smallest absolute Gasteiger partial charge is 0.137 e. The minimum atomic E-state index is 0.951. The van der Waals surface area contributed by atoms with Gasteiger partial charge in [-0.15, -0.1) is 0 Å². The largest absolute Gasteiger partial charge is 0.306 e. The molecule has 11 rings (SSSR count). The Bertz CT molecular complexity index is 2900. The lowest BCUT2D eigenvalue weighted by atomic mass is 9.82. The van der Waals surface area contributed by atoms with E-state index in [1.807, 2.05) is 24.4 Å². The molecule has 2 heterocycles. The number of rotatable bonds is 5. The maximum atomic E-state index is 4.86. The normalized spacial score (nSPS) is 11.8. The van der Waals surface area contributed by atoms with E-state index >= 15 is 0 Å². The van der Waals surface area contributed by atoms with E-state index in [9.17, 15) is 0 Å². The van der Waals surface area contributed by atoms with E-state index in [0.717, 1.165) is 16.9 Å². The molecule has 0 unspecified atom stereocenters. The third-order valence-corrected chi connectivity index (χ3v) is 11.0. The number of aromatic nitrogens is 2. The van der Waals surface area contributed by atoms with Gasteiger partial charge in [0.25, 0.3) is 0 Å². The standard InChI is InChI=1S/C51H32N2/c1-3-13-35(14-4-1)47-41-19-7-8-20-42(41)48(36-15-5-2-6-16-36)51-44-29-28-39(40-21-12-22-43(49(40)44)50(47)51)34-26-24-33(25-27-34)37-17-11-18-38(31-37)45-32-53-30-10-9-23-46(53)52-45/h1-32H. The summed E-state index contributed by atoms with van der Waals surface area (Å²) in [5, 5.41) is 5.16. The van der Waals surface area contributed by atoms with Crippen LogP contribution in [0.5, 0.6) is 0 Å². The van der Waals surface area contributed by atoms with Crippen molar-refractivity contribution in [3.8, 4) is 78.0 Å². The van der Waals surface area contributed by atoms with Crippen LogP contribution in [-0.4, -0.2) is 9.38 Å². The summed E-state index contributed by atoms with van der Waals surface area (Å²) in [4.78, 5) is 4.86. The molecule has 0 aliphatic heterocycles. The molecule has 1 aliphatic rings. The van der Waals surface area contributed by atoms with E-state index < -0.39 is 0 Å². The molecule has 53 heavy (non-hydrogen) atoms. The summed E-state index contributed by atoms with van der Waals surface area (Å²) in [5.41, 5.74) is 18.2. The van der Waals surface area contributed by atoms with Crippen molar-refractivity contribution >= 4 is 27.2 Å². The Morgan fingerprint density at radius 1 is 0.340 bits per heavy atom. The van der Waals surface area contributed by atoms with Gasteiger partial charge in [-0.3, -0.25) is 0 Å². The Labute approximate surface area is 307 Å². The maximum Gasteiger partial charge on any atom is 0.137 e. The Morgan fingerprint density at radius 3 is 1.58 bits per heavy atom. The van der Waals surface area contributed by atoms with Crippen molar-refractivity contribution in [3.05, 3.63) is 194 Å². The molecule has 1 aliphatic carbocycles. The summed E-state index contributed by atoms with van der Waals surface area (Å²) < 4.78 is 2.07. The van der Waals surface area contributed by atoms with Crippen molar-refractivity contribution in [1.82, 2.24) is 9.38 Å². The van der Waals surface area contributed by atoms with Gasteiger partial charge in [-0.25, -0.2) is 4.98 Å². The number of hydrogen-bond acceptors (Lipinski definition) is 1. The summed E-state index contributed by atoms with van der Waals surface area (Å²) in [6, 6.07) is 66.2. The van der Waals surface area contributed by atoms with Crippen LogP contribution in [-0.2, 0) is 0 Å². The zero-order valence-electron chi connectivity index (χ0n) is 28.9. The highest BCUT2D eigenvalue weighted by Crippen LogP contribution is 2.58. The van der Waals surface area contributed by atoms with Gasteiger partial charge in [0, 0.05) is 18.0 Å². The summed E-state index contributed by atoms with van der Waals surface area (Å²) in [6.07, 6.45) is 4.14. The van der Waals surface area contributed by atoms with Crippen LogP contribution in [0.25, 0.3) is 105 Å². The van der Waals surface area contributed by atoms with Crippen molar-refractivity contribution < 1.29 is 0 Å². The van der Waals surface area contributed by atoms with Crippen molar-refractivity contribution in [2.45, 2.75) is 0 Å². The van der Waals surface area contributed by atoms with E-state index in [2.05, 4.69) is 174 Å².